The van der Waals surface area contributed by atoms with E-state index in [9.17, 15) is 4.79 Å². The average molecular weight is 233 g/mol. The molecular formula is C15H23NO. The molecule has 0 heterocycles. The van der Waals surface area contributed by atoms with Gasteiger partial charge < -0.3 is 5.32 Å². The van der Waals surface area contributed by atoms with E-state index in [-0.39, 0.29) is 5.91 Å². The minimum Gasteiger partial charge on any atom is -0.349 e. The van der Waals surface area contributed by atoms with E-state index in [0.29, 0.717) is 11.6 Å². The van der Waals surface area contributed by atoms with Gasteiger partial charge in [0.05, 0.1) is 0 Å². The van der Waals surface area contributed by atoms with Crippen LogP contribution in [0, 0.1) is 23.7 Å². The molecule has 1 amide bonds. The van der Waals surface area contributed by atoms with Crippen LogP contribution < -0.4 is 5.32 Å². The number of fused-ring (bicyclic) bond motifs is 5. The highest BCUT2D eigenvalue weighted by Gasteiger charge is 2.52. The topological polar surface area (TPSA) is 29.1 Å². The quantitative estimate of drug-likeness (QED) is 0.730. The Bertz CT molecular complexity index is 349. The van der Waals surface area contributed by atoms with Crippen molar-refractivity contribution in [3.05, 3.63) is 12.2 Å². The third kappa shape index (κ3) is 1.82. The lowest BCUT2D eigenvalue weighted by Crippen LogP contribution is -2.44. The fraction of sp³-hybridized carbons (Fsp3) is 0.800. The Morgan fingerprint density at radius 1 is 1.12 bits per heavy atom. The van der Waals surface area contributed by atoms with Crippen molar-refractivity contribution in [1.29, 1.82) is 0 Å². The fourth-order valence-corrected chi connectivity index (χ4v) is 4.70. The maximum Gasteiger partial charge on any atom is 0.246 e. The highest BCUT2D eigenvalue weighted by atomic mass is 16.1. The summed E-state index contributed by atoms with van der Waals surface area (Å²) in [4.78, 5) is 11.7. The molecular weight excluding hydrogens is 210 g/mol. The van der Waals surface area contributed by atoms with E-state index in [1.54, 1.807) is 6.92 Å². The molecule has 2 heteroatoms. The third-order valence-corrected chi connectivity index (χ3v) is 5.38. The predicted octanol–water partition coefficient (Wildman–Crippen LogP) is 2.89. The average Bonchev–Trinajstić information content (AvgIpc) is 2.87. The molecule has 2 bridgehead atoms. The highest BCUT2D eigenvalue weighted by molar-refractivity contribution is 5.92. The molecule has 17 heavy (non-hydrogen) atoms. The van der Waals surface area contributed by atoms with Crippen LogP contribution in [0.25, 0.3) is 0 Å². The summed E-state index contributed by atoms with van der Waals surface area (Å²) in [5.41, 5.74) is 0.646. The molecule has 3 aliphatic rings. The zero-order valence-electron chi connectivity index (χ0n) is 10.7. The van der Waals surface area contributed by atoms with Crippen molar-refractivity contribution in [2.45, 2.75) is 51.5 Å². The summed E-state index contributed by atoms with van der Waals surface area (Å²) in [5, 5.41) is 3.20. The second kappa shape index (κ2) is 4.15. The summed E-state index contributed by atoms with van der Waals surface area (Å²) in [7, 11) is 0. The van der Waals surface area contributed by atoms with E-state index in [2.05, 4.69) is 11.9 Å². The van der Waals surface area contributed by atoms with Gasteiger partial charge >= 0.3 is 0 Å². The van der Waals surface area contributed by atoms with Gasteiger partial charge in [0.1, 0.15) is 0 Å². The van der Waals surface area contributed by atoms with Crippen molar-refractivity contribution in [3.8, 4) is 0 Å². The van der Waals surface area contributed by atoms with Gasteiger partial charge in [-0.05, 0) is 56.3 Å². The standard InChI is InChI=1S/C15H23NO/c1-9(2)15(17)16-14-8-10-7-13(14)12-6-4-3-5-11(10)12/h10-14H,1,3-8H2,2H3,(H,16,17). The lowest BCUT2D eigenvalue weighted by molar-refractivity contribution is -0.118. The van der Waals surface area contributed by atoms with Crippen molar-refractivity contribution in [2.24, 2.45) is 23.7 Å². The summed E-state index contributed by atoms with van der Waals surface area (Å²) >= 11 is 0. The fourth-order valence-electron chi connectivity index (χ4n) is 4.70. The van der Waals surface area contributed by atoms with Crippen molar-refractivity contribution < 1.29 is 4.79 Å². The van der Waals surface area contributed by atoms with Crippen LogP contribution in [-0.2, 0) is 4.79 Å². The van der Waals surface area contributed by atoms with Gasteiger partial charge in [0.2, 0.25) is 5.91 Å². The largest absolute Gasteiger partial charge is 0.349 e. The van der Waals surface area contributed by atoms with Crippen molar-refractivity contribution in [2.75, 3.05) is 0 Å². The SMILES string of the molecule is C=C(C)C(=O)NC1CC2CC1C1CCCCC21. The first-order chi connectivity index (χ1) is 8.16. The zero-order chi connectivity index (χ0) is 12.0. The summed E-state index contributed by atoms with van der Waals surface area (Å²) in [6.45, 7) is 5.53. The zero-order valence-corrected chi connectivity index (χ0v) is 10.7. The van der Waals surface area contributed by atoms with Crippen LogP contribution in [0.3, 0.4) is 0 Å². The molecule has 0 aliphatic heterocycles. The molecule has 3 saturated carbocycles. The molecule has 94 valence electrons. The van der Waals surface area contributed by atoms with Crippen LogP contribution in [-0.4, -0.2) is 11.9 Å². The monoisotopic (exact) mass is 233 g/mol. The molecule has 3 aliphatic carbocycles. The number of hydrogen-bond donors (Lipinski definition) is 1. The van der Waals surface area contributed by atoms with Gasteiger partial charge in [-0.2, -0.15) is 0 Å². The second-order valence-electron chi connectivity index (χ2n) is 6.37. The van der Waals surface area contributed by atoms with Crippen LogP contribution in [0.5, 0.6) is 0 Å². The minimum atomic E-state index is 0.0647. The smallest absolute Gasteiger partial charge is 0.246 e. The number of amides is 1. The van der Waals surface area contributed by atoms with Gasteiger partial charge in [-0.3, -0.25) is 4.79 Å². The van der Waals surface area contributed by atoms with Gasteiger partial charge in [0, 0.05) is 11.6 Å². The lowest BCUT2D eigenvalue weighted by atomic mass is 9.69. The Balaban J connectivity index is 1.67. The summed E-state index contributed by atoms with van der Waals surface area (Å²) < 4.78 is 0. The third-order valence-electron chi connectivity index (χ3n) is 5.38. The second-order valence-corrected chi connectivity index (χ2v) is 6.37. The molecule has 0 radical (unpaired) electrons. The molecule has 5 atom stereocenters. The Kier molecular flexibility index (Phi) is 2.76. The first-order valence-corrected chi connectivity index (χ1v) is 7.13. The lowest BCUT2D eigenvalue weighted by Gasteiger charge is -2.39. The highest BCUT2D eigenvalue weighted by Crippen LogP contribution is 2.57. The molecule has 0 spiro atoms. The first kappa shape index (κ1) is 11.3. The Hall–Kier alpha value is -0.790. The molecule has 0 aromatic heterocycles. The maximum atomic E-state index is 11.7. The van der Waals surface area contributed by atoms with Gasteiger partial charge in [0.15, 0.2) is 0 Å². The molecule has 3 fully saturated rings. The summed E-state index contributed by atoms with van der Waals surface area (Å²) in [6.07, 6.45) is 8.30. The molecule has 5 unspecified atom stereocenters. The molecule has 0 aromatic rings. The van der Waals surface area contributed by atoms with Crippen LogP contribution in [0.4, 0.5) is 0 Å². The number of hydrogen-bond acceptors (Lipinski definition) is 1. The van der Waals surface area contributed by atoms with Crippen LogP contribution in [0.2, 0.25) is 0 Å². The van der Waals surface area contributed by atoms with Crippen molar-refractivity contribution in [3.63, 3.8) is 0 Å². The molecule has 3 rings (SSSR count). The first-order valence-electron chi connectivity index (χ1n) is 7.13. The van der Waals surface area contributed by atoms with Crippen molar-refractivity contribution >= 4 is 5.91 Å². The van der Waals surface area contributed by atoms with E-state index in [1.807, 2.05) is 0 Å². The van der Waals surface area contributed by atoms with E-state index >= 15 is 0 Å². The van der Waals surface area contributed by atoms with Gasteiger partial charge in [-0.1, -0.05) is 19.4 Å². The summed E-state index contributed by atoms with van der Waals surface area (Å²) in [5.74, 6) is 3.65. The Morgan fingerprint density at radius 2 is 1.82 bits per heavy atom. The number of nitrogens with one attached hydrogen (secondary N) is 1. The van der Waals surface area contributed by atoms with Crippen LogP contribution in [0.1, 0.15) is 45.4 Å². The van der Waals surface area contributed by atoms with E-state index < -0.39 is 0 Å². The minimum absolute atomic E-state index is 0.0647. The number of carbonyl (C=O) groups excluding carboxylic acids is 1. The molecule has 1 N–H and O–H groups in total. The molecule has 0 aromatic carbocycles. The van der Waals surface area contributed by atoms with Gasteiger partial charge in [0.25, 0.3) is 0 Å². The van der Waals surface area contributed by atoms with Crippen LogP contribution >= 0.6 is 0 Å². The van der Waals surface area contributed by atoms with E-state index in [1.165, 1.54) is 38.5 Å². The van der Waals surface area contributed by atoms with Gasteiger partial charge in [-0.25, -0.2) is 0 Å². The predicted molar refractivity (Wildman–Crippen MR) is 68.4 cm³/mol. The number of rotatable bonds is 2. The van der Waals surface area contributed by atoms with E-state index in [0.717, 1.165) is 23.7 Å². The Labute approximate surface area is 104 Å². The molecule has 2 nitrogen and oxygen atoms in total. The maximum absolute atomic E-state index is 11.7. The van der Waals surface area contributed by atoms with Crippen molar-refractivity contribution in [1.82, 2.24) is 5.32 Å². The normalized spacial score (nSPS) is 43.2. The summed E-state index contributed by atoms with van der Waals surface area (Å²) in [6, 6.07) is 0.448. The number of carbonyl (C=O) groups is 1. The van der Waals surface area contributed by atoms with Gasteiger partial charge in [-0.15, -0.1) is 0 Å². The van der Waals surface area contributed by atoms with Crippen LogP contribution in [0.15, 0.2) is 12.2 Å². The van der Waals surface area contributed by atoms with E-state index in [4.69, 9.17) is 0 Å². The molecule has 0 saturated heterocycles. The Morgan fingerprint density at radius 3 is 2.53 bits per heavy atom.